The van der Waals surface area contributed by atoms with Crippen molar-refractivity contribution in [2.45, 2.75) is 38.7 Å². The molecule has 1 aromatic rings. The van der Waals surface area contributed by atoms with Crippen LogP contribution in [0.15, 0.2) is 6.20 Å². The number of aryl methyl sites for hydroxylation is 1. The highest BCUT2D eigenvalue weighted by Gasteiger charge is 2.45. The number of rotatable bonds is 2. The molecular formula is C16H27N5O. The number of aliphatic hydroxyl groups excluding tert-OH is 1. The van der Waals surface area contributed by atoms with Crippen molar-refractivity contribution in [3.8, 4) is 0 Å². The summed E-state index contributed by atoms with van der Waals surface area (Å²) in [7, 11) is 2.15. The minimum absolute atomic E-state index is 0.0457. The molecule has 2 saturated heterocycles. The summed E-state index contributed by atoms with van der Waals surface area (Å²) in [6.45, 7) is 5.86. The Morgan fingerprint density at radius 3 is 3.00 bits per heavy atom. The molecule has 1 spiro atoms. The van der Waals surface area contributed by atoms with Crippen LogP contribution in [0.1, 0.15) is 31.7 Å². The largest absolute Gasteiger partial charge is 0.392 e. The van der Waals surface area contributed by atoms with E-state index in [4.69, 9.17) is 5.73 Å². The van der Waals surface area contributed by atoms with Crippen LogP contribution < -0.4 is 10.6 Å². The van der Waals surface area contributed by atoms with E-state index in [0.717, 1.165) is 63.2 Å². The van der Waals surface area contributed by atoms with Gasteiger partial charge in [0.15, 0.2) is 0 Å². The average molecular weight is 305 g/mol. The molecule has 0 radical (unpaired) electrons. The van der Waals surface area contributed by atoms with Crippen molar-refractivity contribution < 1.29 is 5.11 Å². The van der Waals surface area contributed by atoms with Gasteiger partial charge in [0.2, 0.25) is 5.95 Å². The third-order valence-corrected chi connectivity index (χ3v) is 5.23. The number of nitrogen functional groups attached to an aromatic ring is 1. The maximum absolute atomic E-state index is 10.6. The molecule has 0 aliphatic carbocycles. The first-order valence-electron chi connectivity index (χ1n) is 8.27. The summed E-state index contributed by atoms with van der Waals surface area (Å²) < 4.78 is 0. The smallest absolute Gasteiger partial charge is 0.221 e. The molecule has 3 N–H and O–H groups in total. The number of nitrogens with two attached hydrogens (primary N) is 1. The number of aromatic nitrogens is 2. The number of aliphatic hydroxyl groups is 1. The topological polar surface area (TPSA) is 78.5 Å². The van der Waals surface area contributed by atoms with Crippen LogP contribution >= 0.6 is 0 Å². The summed E-state index contributed by atoms with van der Waals surface area (Å²) in [6, 6.07) is 0. The first-order chi connectivity index (χ1) is 10.5. The average Bonchev–Trinajstić information content (AvgIpc) is 2.51. The highest BCUT2D eigenvalue weighted by molar-refractivity contribution is 5.49. The van der Waals surface area contributed by atoms with Gasteiger partial charge in [-0.2, -0.15) is 4.98 Å². The summed E-state index contributed by atoms with van der Waals surface area (Å²) in [5.41, 5.74) is 6.89. The minimum atomic E-state index is -0.226. The van der Waals surface area contributed by atoms with E-state index in [9.17, 15) is 5.11 Å². The van der Waals surface area contributed by atoms with Gasteiger partial charge in [-0.25, -0.2) is 4.98 Å². The van der Waals surface area contributed by atoms with Crippen LogP contribution in [0.2, 0.25) is 0 Å². The van der Waals surface area contributed by atoms with Crippen LogP contribution in [0.5, 0.6) is 0 Å². The number of hydrogen-bond acceptors (Lipinski definition) is 6. The Balaban J connectivity index is 1.88. The second kappa shape index (κ2) is 6.01. The summed E-state index contributed by atoms with van der Waals surface area (Å²) in [5.74, 6) is 1.28. The number of anilines is 2. The molecule has 0 bridgehead atoms. The second-order valence-corrected chi connectivity index (χ2v) is 6.86. The van der Waals surface area contributed by atoms with E-state index in [0.29, 0.717) is 5.95 Å². The lowest BCUT2D eigenvalue weighted by Gasteiger charge is -2.50. The lowest BCUT2D eigenvalue weighted by atomic mass is 9.71. The minimum Gasteiger partial charge on any atom is -0.392 e. The zero-order chi connectivity index (χ0) is 15.7. The molecule has 0 aromatic carbocycles. The van der Waals surface area contributed by atoms with Gasteiger partial charge in [0, 0.05) is 43.4 Å². The van der Waals surface area contributed by atoms with Crippen molar-refractivity contribution in [1.29, 1.82) is 0 Å². The summed E-state index contributed by atoms with van der Waals surface area (Å²) >= 11 is 0. The van der Waals surface area contributed by atoms with E-state index in [-0.39, 0.29) is 11.5 Å². The highest BCUT2D eigenvalue weighted by Crippen LogP contribution is 2.40. The predicted molar refractivity (Wildman–Crippen MR) is 87.8 cm³/mol. The maximum Gasteiger partial charge on any atom is 0.221 e. The van der Waals surface area contributed by atoms with Gasteiger partial charge in [0.25, 0.3) is 0 Å². The SMILES string of the molecule is CCc1cnc(N)nc1N1CCC[C@]2(CN(C)CC[C@@H]2O)C1. The summed E-state index contributed by atoms with van der Waals surface area (Å²) in [6.07, 6.45) is 5.52. The zero-order valence-corrected chi connectivity index (χ0v) is 13.6. The Kier molecular flexibility index (Phi) is 4.23. The number of hydrogen-bond donors (Lipinski definition) is 2. The molecule has 3 rings (SSSR count). The molecule has 2 fully saturated rings. The highest BCUT2D eigenvalue weighted by atomic mass is 16.3. The van der Waals surface area contributed by atoms with Crippen LogP contribution in [0, 0.1) is 5.41 Å². The summed E-state index contributed by atoms with van der Waals surface area (Å²) in [4.78, 5) is 13.3. The van der Waals surface area contributed by atoms with E-state index in [1.165, 1.54) is 0 Å². The van der Waals surface area contributed by atoms with E-state index in [1.807, 2.05) is 6.20 Å². The predicted octanol–water partition coefficient (Wildman–Crippen LogP) is 0.904. The van der Waals surface area contributed by atoms with Gasteiger partial charge in [-0.1, -0.05) is 6.92 Å². The zero-order valence-electron chi connectivity index (χ0n) is 13.6. The van der Waals surface area contributed by atoms with Gasteiger partial charge < -0.3 is 20.6 Å². The fraction of sp³-hybridized carbons (Fsp3) is 0.750. The number of likely N-dealkylation sites (tertiary alicyclic amines) is 1. The third kappa shape index (κ3) is 2.77. The Hall–Kier alpha value is -1.40. The maximum atomic E-state index is 10.6. The van der Waals surface area contributed by atoms with Crippen molar-refractivity contribution in [3.05, 3.63) is 11.8 Å². The van der Waals surface area contributed by atoms with Crippen molar-refractivity contribution in [2.75, 3.05) is 43.9 Å². The van der Waals surface area contributed by atoms with Gasteiger partial charge in [-0.3, -0.25) is 0 Å². The van der Waals surface area contributed by atoms with E-state index < -0.39 is 0 Å². The Morgan fingerprint density at radius 1 is 1.41 bits per heavy atom. The van der Waals surface area contributed by atoms with Crippen LogP contribution in [-0.4, -0.2) is 59.3 Å². The first-order valence-corrected chi connectivity index (χ1v) is 8.27. The molecule has 0 unspecified atom stereocenters. The van der Waals surface area contributed by atoms with Gasteiger partial charge in [-0.15, -0.1) is 0 Å². The molecule has 6 nitrogen and oxygen atoms in total. The second-order valence-electron chi connectivity index (χ2n) is 6.86. The monoisotopic (exact) mass is 305 g/mol. The molecule has 122 valence electrons. The fourth-order valence-corrected chi connectivity index (χ4v) is 4.05. The lowest BCUT2D eigenvalue weighted by Crippen LogP contribution is -2.58. The van der Waals surface area contributed by atoms with Crippen LogP contribution in [-0.2, 0) is 6.42 Å². The normalized spacial score (nSPS) is 30.0. The first kappa shape index (κ1) is 15.5. The van der Waals surface area contributed by atoms with Crippen LogP contribution in [0.25, 0.3) is 0 Å². The van der Waals surface area contributed by atoms with E-state index in [1.54, 1.807) is 0 Å². The van der Waals surface area contributed by atoms with E-state index >= 15 is 0 Å². The van der Waals surface area contributed by atoms with E-state index in [2.05, 4.69) is 33.7 Å². The molecular weight excluding hydrogens is 278 g/mol. The van der Waals surface area contributed by atoms with Gasteiger partial charge in [0.1, 0.15) is 5.82 Å². The molecule has 2 aliphatic rings. The molecule has 6 heteroatoms. The van der Waals surface area contributed by atoms with Crippen molar-refractivity contribution in [2.24, 2.45) is 5.41 Å². The number of piperidine rings is 2. The lowest BCUT2D eigenvalue weighted by molar-refractivity contribution is -0.0466. The van der Waals surface area contributed by atoms with Gasteiger partial charge in [-0.05, 0) is 32.7 Å². The molecule has 0 amide bonds. The van der Waals surface area contributed by atoms with Crippen LogP contribution in [0.3, 0.4) is 0 Å². The Bertz CT molecular complexity index is 537. The van der Waals surface area contributed by atoms with Crippen LogP contribution in [0.4, 0.5) is 11.8 Å². The van der Waals surface area contributed by atoms with Crippen molar-refractivity contribution in [3.63, 3.8) is 0 Å². The molecule has 1 aromatic heterocycles. The number of nitrogens with zero attached hydrogens (tertiary/aromatic N) is 4. The fourth-order valence-electron chi connectivity index (χ4n) is 4.05. The molecule has 22 heavy (non-hydrogen) atoms. The molecule has 3 heterocycles. The molecule has 0 saturated carbocycles. The van der Waals surface area contributed by atoms with Gasteiger partial charge in [0.05, 0.1) is 6.10 Å². The summed E-state index contributed by atoms with van der Waals surface area (Å²) in [5, 5.41) is 10.6. The molecule has 2 aliphatic heterocycles. The van der Waals surface area contributed by atoms with Gasteiger partial charge >= 0.3 is 0 Å². The quantitative estimate of drug-likeness (QED) is 0.845. The van der Waals surface area contributed by atoms with Crippen molar-refractivity contribution in [1.82, 2.24) is 14.9 Å². The standard InChI is InChI=1S/C16H27N5O/c1-3-12-9-18-15(17)19-14(12)21-7-4-6-16(11-21)10-20(2)8-5-13(16)22/h9,13,22H,3-8,10-11H2,1-2H3,(H2,17,18,19)/t13-,16-/m0/s1. The van der Waals surface area contributed by atoms with Crippen molar-refractivity contribution >= 4 is 11.8 Å². The Morgan fingerprint density at radius 2 is 2.23 bits per heavy atom. The third-order valence-electron chi connectivity index (χ3n) is 5.23. The Labute approximate surface area is 132 Å². The molecule has 2 atom stereocenters.